The Balaban J connectivity index is 2.34. The van der Waals surface area contributed by atoms with Crippen molar-refractivity contribution in [1.82, 2.24) is 0 Å². The third kappa shape index (κ3) is 1.56. The van der Waals surface area contributed by atoms with Gasteiger partial charge in [-0.3, -0.25) is 4.79 Å². The molecule has 15 heavy (non-hydrogen) atoms. The Kier molecular flexibility index (Phi) is 2.52. The van der Waals surface area contributed by atoms with Gasteiger partial charge in [-0.1, -0.05) is 25.5 Å². The van der Waals surface area contributed by atoms with Crippen LogP contribution in [-0.4, -0.2) is 5.78 Å². The Morgan fingerprint density at radius 3 is 2.47 bits per heavy atom. The van der Waals surface area contributed by atoms with Crippen molar-refractivity contribution < 1.29 is 4.79 Å². The van der Waals surface area contributed by atoms with Gasteiger partial charge in [0, 0.05) is 11.8 Å². The Morgan fingerprint density at radius 2 is 1.93 bits per heavy atom. The maximum absolute atomic E-state index is 12.3. The van der Waals surface area contributed by atoms with Gasteiger partial charge in [0.15, 0.2) is 0 Å². The number of allylic oxidation sites excluding steroid dienone is 2. The smallest absolute Gasteiger partial charge is 0.139 e. The van der Waals surface area contributed by atoms with Crippen LogP contribution in [-0.2, 0) is 4.79 Å². The van der Waals surface area contributed by atoms with Crippen LogP contribution < -0.4 is 0 Å². The molecule has 0 aromatic carbocycles. The van der Waals surface area contributed by atoms with Crippen LogP contribution in [0.15, 0.2) is 11.6 Å². The summed E-state index contributed by atoms with van der Waals surface area (Å²) >= 11 is 0. The number of carbonyl (C=O) groups excluding carboxylic acids is 1. The zero-order chi connectivity index (χ0) is 11.1. The Morgan fingerprint density at radius 1 is 1.20 bits per heavy atom. The molecule has 1 saturated carbocycles. The van der Waals surface area contributed by atoms with Gasteiger partial charge in [-0.25, -0.2) is 0 Å². The van der Waals surface area contributed by atoms with Crippen LogP contribution in [0, 0.1) is 10.8 Å². The lowest BCUT2D eigenvalue weighted by molar-refractivity contribution is -0.141. The molecule has 0 aliphatic heterocycles. The molecule has 0 saturated heterocycles. The van der Waals surface area contributed by atoms with Crippen LogP contribution in [0.2, 0.25) is 0 Å². The van der Waals surface area contributed by atoms with Gasteiger partial charge in [0.05, 0.1) is 0 Å². The van der Waals surface area contributed by atoms with E-state index in [1.54, 1.807) is 0 Å². The van der Waals surface area contributed by atoms with Crippen LogP contribution >= 0.6 is 0 Å². The van der Waals surface area contributed by atoms with Crippen molar-refractivity contribution in [3.63, 3.8) is 0 Å². The van der Waals surface area contributed by atoms with E-state index in [0.29, 0.717) is 5.78 Å². The van der Waals surface area contributed by atoms with Crippen LogP contribution in [0.25, 0.3) is 0 Å². The summed E-state index contributed by atoms with van der Waals surface area (Å²) in [5.74, 6) is 0.530. The van der Waals surface area contributed by atoms with Crippen LogP contribution in [0.1, 0.15) is 59.3 Å². The van der Waals surface area contributed by atoms with Crippen LogP contribution in [0.4, 0.5) is 0 Å². The second-order valence-corrected chi connectivity index (χ2v) is 6.00. The highest BCUT2D eigenvalue weighted by Crippen LogP contribution is 2.55. The molecule has 0 unspecified atom stereocenters. The predicted molar refractivity (Wildman–Crippen MR) is 62.7 cm³/mol. The topological polar surface area (TPSA) is 17.1 Å². The number of carbonyl (C=O) groups is 1. The quantitative estimate of drug-likeness (QED) is 0.550. The summed E-state index contributed by atoms with van der Waals surface area (Å²) in [4.78, 5) is 12.3. The number of rotatable bonds is 0. The monoisotopic (exact) mass is 206 g/mol. The Labute approximate surface area is 92.9 Å². The molecule has 1 spiro atoms. The fourth-order valence-corrected chi connectivity index (χ4v) is 3.38. The molecule has 2 aliphatic rings. The summed E-state index contributed by atoms with van der Waals surface area (Å²) in [6.45, 7) is 6.77. The molecule has 0 heterocycles. The highest BCUT2D eigenvalue weighted by atomic mass is 16.1. The molecule has 1 heteroatoms. The fraction of sp³-hybridized carbons (Fsp3) is 0.786. The molecule has 0 radical (unpaired) electrons. The van der Waals surface area contributed by atoms with Crippen LogP contribution in [0.3, 0.4) is 0 Å². The van der Waals surface area contributed by atoms with E-state index in [4.69, 9.17) is 0 Å². The second-order valence-electron chi connectivity index (χ2n) is 6.00. The molecule has 0 amide bonds. The highest BCUT2D eigenvalue weighted by molar-refractivity contribution is 5.87. The normalized spacial score (nSPS) is 35.4. The second kappa shape index (κ2) is 3.47. The zero-order valence-electron chi connectivity index (χ0n) is 10.2. The summed E-state index contributed by atoms with van der Waals surface area (Å²) in [6, 6.07) is 0. The summed E-state index contributed by atoms with van der Waals surface area (Å²) in [6.07, 6.45) is 8.62. The summed E-state index contributed by atoms with van der Waals surface area (Å²) in [5.41, 5.74) is 1.65. The minimum Gasteiger partial charge on any atom is -0.299 e. The van der Waals surface area contributed by atoms with E-state index in [1.165, 1.54) is 12.0 Å². The standard InChI is InChI=1S/C14H22O/c1-11-6-9-14(10-7-11)12(15)5-4-8-13(14,2)3/h6H,4-5,7-10H2,1-3H3/t14-/m1/s1. The largest absolute Gasteiger partial charge is 0.299 e. The fourth-order valence-electron chi connectivity index (χ4n) is 3.38. The van der Waals surface area contributed by atoms with E-state index in [1.807, 2.05) is 0 Å². The van der Waals surface area contributed by atoms with E-state index < -0.39 is 0 Å². The van der Waals surface area contributed by atoms with Crippen molar-refractivity contribution in [3.8, 4) is 0 Å². The zero-order valence-corrected chi connectivity index (χ0v) is 10.2. The summed E-state index contributed by atoms with van der Waals surface area (Å²) in [7, 11) is 0. The van der Waals surface area contributed by atoms with Gasteiger partial charge in [0.25, 0.3) is 0 Å². The molecule has 1 nitrogen and oxygen atoms in total. The average molecular weight is 206 g/mol. The van der Waals surface area contributed by atoms with E-state index in [9.17, 15) is 4.79 Å². The van der Waals surface area contributed by atoms with Gasteiger partial charge in [-0.15, -0.1) is 0 Å². The van der Waals surface area contributed by atoms with Crippen molar-refractivity contribution in [3.05, 3.63) is 11.6 Å². The van der Waals surface area contributed by atoms with Crippen molar-refractivity contribution >= 4 is 5.78 Å². The third-order valence-electron chi connectivity index (χ3n) is 4.78. The van der Waals surface area contributed by atoms with E-state index >= 15 is 0 Å². The van der Waals surface area contributed by atoms with Gasteiger partial charge < -0.3 is 0 Å². The van der Waals surface area contributed by atoms with E-state index in [2.05, 4.69) is 26.8 Å². The SMILES string of the molecule is CC1=CC[C@@]2(CC1)C(=O)CCCC2(C)C. The predicted octanol–water partition coefficient (Wildman–Crippen LogP) is 3.88. The van der Waals surface area contributed by atoms with E-state index in [0.717, 1.165) is 32.1 Å². The maximum atomic E-state index is 12.3. The molecule has 0 N–H and O–H groups in total. The molecule has 1 atom stereocenters. The van der Waals surface area contributed by atoms with Gasteiger partial charge >= 0.3 is 0 Å². The molecule has 2 rings (SSSR count). The first-order chi connectivity index (χ1) is 6.98. The summed E-state index contributed by atoms with van der Waals surface area (Å²) in [5, 5.41) is 0. The van der Waals surface area contributed by atoms with Crippen molar-refractivity contribution in [1.29, 1.82) is 0 Å². The molecule has 0 aromatic heterocycles. The average Bonchev–Trinajstić information content (AvgIpc) is 2.16. The molecule has 2 aliphatic carbocycles. The molecular weight excluding hydrogens is 184 g/mol. The molecule has 0 aromatic rings. The summed E-state index contributed by atoms with van der Waals surface area (Å²) < 4.78 is 0. The van der Waals surface area contributed by atoms with Gasteiger partial charge in [-0.05, 0) is 44.4 Å². The third-order valence-corrected chi connectivity index (χ3v) is 4.78. The van der Waals surface area contributed by atoms with Crippen molar-refractivity contribution in [2.45, 2.75) is 59.3 Å². The lowest BCUT2D eigenvalue weighted by Crippen LogP contribution is -2.48. The molecular formula is C14H22O. The minimum absolute atomic E-state index is 0.0231. The van der Waals surface area contributed by atoms with Gasteiger partial charge in [-0.2, -0.15) is 0 Å². The number of ketones is 1. The van der Waals surface area contributed by atoms with Crippen LogP contribution in [0.5, 0.6) is 0 Å². The van der Waals surface area contributed by atoms with Crippen molar-refractivity contribution in [2.75, 3.05) is 0 Å². The number of hydrogen-bond donors (Lipinski definition) is 0. The van der Waals surface area contributed by atoms with Gasteiger partial charge in [0.1, 0.15) is 5.78 Å². The lowest BCUT2D eigenvalue weighted by Gasteiger charge is -2.50. The lowest BCUT2D eigenvalue weighted by atomic mass is 9.52. The number of Topliss-reactive ketones (excluding diaryl/α,β-unsaturated/α-hetero) is 1. The first-order valence-electron chi connectivity index (χ1n) is 6.17. The molecule has 0 bridgehead atoms. The van der Waals surface area contributed by atoms with E-state index in [-0.39, 0.29) is 10.8 Å². The highest BCUT2D eigenvalue weighted by Gasteiger charge is 2.51. The van der Waals surface area contributed by atoms with Gasteiger partial charge in [0.2, 0.25) is 0 Å². The number of hydrogen-bond acceptors (Lipinski definition) is 1. The Bertz CT molecular complexity index is 311. The Hall–Kier alpha value is -0.590. The molecule has 84 valence electrons. The first-order valence-corrected chi connectivity index (χ1v) is 6.17. The first kappa shape index (κ1) is 10.9. The van der Waals surface area contributed by atoms with Crippen molar-refractivity contribution in [2.24, 2.45) is 10.8 Å². The minimum atomic E-state index is -0.0231. The molecule has 1 fully saturated rings. The maximum Gasteiger partial charge on any atom is 0.139 e.